The van der Waals surface area contributed by atoms with Gasteiger partial charge in [-0.2, -0.15) is 5.10 Å². The lowest BCUT2D eigenvalue weighted by molar-refractivity contribution is 0.0953. The lowest BCUT2D eigenvalue weighted by atomic mass is 10.1. The van der Waals surface area contributed by atoms with Crippen LogP contribution in [0.25, 0.3) is 0 Å². The second-order valence-corrected chi connectivity index (χ2v) is 6.32. The number of halogens is 1. The minimum Gasteiger partial charge on any atom is -0.322 e. The summed E-state index contributed by atoms with van der Waals surface area (Å²) >= 11 is 6.04. The second kappa shape index (κ2) is 8.92. The molecule has 0 aliphatic carbocycles. The Balaban J connectivity index is 1.66. The topological polar surface area (TPSA) is 83.5 Å². The van der Waals surface area contributed by atoms with E-state index in [1.165, 1.54) is 6.21 Å². The summed E-state index contributed by atoms with van der Waals surface area (Å²) in [6.45, 7) is 1.87. The van der Waals surface area contributed by atoms with Crippen molar-refractivity contribution in [1.82, 2.24) is 10.4 Å². The molecule has 0 unspecified atom stereocenters. The molecule has 0 atom stereocenters. The van der Waals surface area contributed by atoms with Gasteiger partial charge in [-0.15, -0.1) is 0 Å². The number of rotatable bonds is 5. The van der Waals surface area contributed by atoms with Gasteiger partial charge in [-0.3, -0.25) is 14.6 Å². The summed E-state index contributed by atoms with van der Waals surface area (Å²) in [7, 11) is 0. The molecule has 2 N–H and O–H groups in total. The van der Waals surface area contributed by atoms with Crippen molar-refractivity contribution in [3.05, 3.63) is 94.3 Å². The minimum atomic E-state index is -0.405. The predicted octanol–water partition coefficient (Wildman–Crippen LogP) is 4.06. The highest BCUT2D eigenvalue weighted by Gasteiger charge is 2.11. The lowest BCUT2D eigenvalue weighted by Crippen LogP contribution is -2.18. The van der Waals surface area contributed by atoms with Gasteiger partial charge in [-0.05, 0) is 49.4 Å². The molecule has 2 aromatic carbocycles. The number of pyridine rings is 1. The number of hydrazone groups is 1. The minimum absolute atomic E-state index is 0.353. The van der Waals surface area contributed by atoms with E-state index in [4.69, 9.17) is 11.6 Å². The molecule has 0 spiro atoms. The van der Waals surface area contributed by atoms with E-state index in [2.05, 4.69) is 20.8 Å². The van der Waals surface area contributed by atoms with E-state index < -0.39 is 5.91 Å². The van der Waals surface area contributed by atoms with E-state index >= 15 is 0 Å². The summed E-state index contributed by atoms with van der Waals surface area (Å²) in [5.41, 5.74) is 5.13. The smallest absolute Gasteiger partial charge is 0.271 e. The number of benzene rings is 2. The molecule has 0 bridgehead atoms. The molecule has 0 fully saturated rings. The van der Waals surface area contributed by atoms with Crippen LogP contribution in [0.3, 0.4) is 0 Å². The number of nitrogens with zero attached hydrogens (tertiary/aromatic N) is 2. The molecule has 3 aromatic rings. The first-order valence-electron chi connectivity index (χ1n) is 8.46. The van der Waals surface area contributed by atoms with E-state index in [-0.39, 0.29) is 5.91 Å². The van der Waals surface area contributed by atoms with Crippen molar-refractivity contribution >= 4 is 35.3 Å². The van der Waals surface area contributed by atoms with Gasteiger partial charge in [0.1, 0.15) is 0 Å². The van der Waals surface area contributed by atoms with Crippen molar-refractivity contribution in [2.45, 2.75) is 6.92 Å². The van der Waals surface area contributed by atoms with Crippen LogP contribution in [0.5, 0.6) is 0 Å². The van der Waals surface area contributed by atoms with Crippen molar-refractivity contribution in [2.24, 2.45) is 5.10 Å². The van der Waals surface area contributed by atoms with Gasteiger partial charge in [0.25, 0.3) is 11.8 Å². The van der Waals surface area contributed by atoms with Gasteiger partial charge in [0.15, 0.2) is 0 Å². The summed E-state index contributed by atoms with van der Waals surface area (Å²) in [6, 6.07) is 18.8. The third-order valence-electron chi connectivity index (χ3n) is 3.77. The van der Waals surface area contributed by atoms with Crippen molar-refractivity contribution in [3.8, 4) is 0 Å². The molecule has 0 saturated heterocycles. The van der Waals surface area contributed by atoms with Crippen molar-refractivity contribution in [2.75, 3.05) is 5.32 Å². The molecule has 0 aliphatic rings. The molecule has 0 radical (unpaired) electrons. The average molecular weight is 393 g/mol. The predicted molar refractivity (Wildman–Crippen MR) is 110 cm³/mol. The van der Waals surface area contributed by atoms with E-state index in [0.717, 1.165) is 5.69 Å². The normalized spacial score (nSPS) is 10.6. The Morgan fingerprint density at radius 2 is 1.79 bits per heavy atom. The quantitative estimate of drug-likeness (QED) is 0.507. The van der Waals surface area contributed by atoms with Gasteiger partial charge in [-0.1, -0.05) is 35.9 Å². The first-order valence-corrected chi connectivity index (χ1v) is 8.84. The van der Waals surface area contributed by atoms with Crippen molar-refractivity contribution in [3.63, 3.8) is 0 Å². The fraction of sp³-hybridized carbons (Fsp3) is 0.0476. The largest absolute Gasteiger partial charge is 0.322 e. The summed E-state index contributed by atoms with van der Waals surface area (Å²) in [5.74, 6) is -0.760. The molecule has 140 valence electrons. The molecule has 1 aromatic heterocycles. The third-order valence-corrected chi connectivity index (χ3v) is 4.10. The zero-order valence-electron chi connectivity index (χ0n) is 15.0. The van der Waals surface area contributed by atoms with E-state index in [1.807, 2.05) is 19.1 Å². The number of amides is 2. The van der Waals surface area contributed by atoms with Crippen LogP contribution in [0.15, 0.2) is 71.8 Å². The van der Waals surface area contributed by atoms with Gasteiger partial charge >= 0.3 is 0 Å². The zero-order valence-corrected chi connectivity index (χ0v) is 15.8. The van der Waals surface area contributed by atoms with Gasteiger partial charge in [-0.25, -0.2) is 5.43 Å². The first kappa shape index (κ1) is 19.3. The molecule has 3 rings (SSSR count). The molecule has 2 amide bonds. The highest BCUT2D eigenvalue weighted by Crippen LogP contribution is 2.18. The van der Waals surface area contributed by atoms with Gasteiger partial charge in [0.05, 0.1) is 22.5 Å². The first-order chi connectivity index (χ1) is 13.5. The Kier molecular flexibility index (Phi) is 6.14. The second-order valence-electron chi connectivity index (χ2n) is 5.92. The monoisotopic (exact) mass is 392 g/mol. The summed E-state index contributed by atoms with van der Waals surface area (Å²) in [4.78, 5) is 28.9. The number of nitrogens with one attached hydrogen (secondary N) is 2. The number of anilines is 1. The lowest BCUT2D eigenvalue weighted by Gasteiger charge is -2.08. The van der Waals surface area contributed by atoms with Crippen LogP contribution in [0.2, 0.25) is 5.02 Å². The van der Waals surface area contributed by atoms with Gasteiger partial charge in [0, 0.05) is 16.9 Å². The van der Waals surface area contributed by atoms with Crippen molar-refractivity contribution in [1.29, 1.82) is 0 Å². The van der Waals surface area contributed by atoms with Crippen LogP contribution in [-0.4, -0.2) is 23.0 Å². The molecule has 7 heteroatoms. The molecule has 28 heavy (non-hydrogen) atoms. The highest BCUT2D eigenvalue weighted by atomic mass is 35.5. The maximum absolute atomic E-state index is 12.3. The average Bonchev–Trinajstić information content (AvgIpc) is 2.68. The van der Waals surface area contributed by atoms with E-state index in [1.54, 1.807) is 54.6 Å². The number of carbonyl (C=O) groups is 2. The van der Waals surface area contributed by atoms with E-state index in [0.29, 0.717) is 27.5 Å². The number of hydrogen-bond donors (Lipinski definition) is 2. The summed E-state index contributed by atoms with van der Waals surface area (Å²) in [6.07, 6.45) is 1.47. The molecule has 6 nitrogen and oxygen atoms in total. The fourth-order valence-electron chi connectivity index (χ4n) is 2.44. The summed E-state index contributed by atoms with van der Waals surface area (Å²) < 4.78 is 0. The molecule has 1 heterocycles. The highest BCUT2D eigenvalue weighted by molar-refractivity contribution is 6.34. The van der Waals surface area contributed by atoms with Gasteiger partial charge in [0.2, 0.25) is 0 Å². The SMILES string of the molecule is Cc1cccc(/C=N\NC(=O)c2cccc(NC(=O)c3ccccc3Cl)c2)n1. The Hall–Kier alpha value is -3.51. The summed E-state index contributed by atoms with van der Waals surface area (Å²) in [5, 5.41) is 7.00. The third kappa shape index (κ3) is 5.02. The Bertz CT molecular complexity index is 1050. The zero-order chi connectivity index (χ0) is 19.9. The van der Waals surface area contributed by atoms with Gasteiger partial charge < -0.3 is 5.32 Å². The Labute approximate surface area is 167 Å². The fourth-order valence-corrected chi connectivity index (χ4v) is 2.66. The standard InChI is InChI=1S/C21H17ClN4O2/c1-14-6-4-9-17(24-14)13-23-26-20(27)15-7-5-8-16(12-15)25-21(28)18-10-2-3-11-19(18)22/h2-13H,1H3,(H,25,28)(H,26,27)/b23-13-. The van der Waals surface area contributed by atoms with Crippen LogP contribution in [0, 0.1) is 6.92 Å². The number of aryl methyl sites for hydroxylation is 1. The number of hydrogen-bond acceptors (Lipinski definition) is 4. The maximum atomic E-state index is 12.3. The number of carbonyl (C=O) groups excluding carboxylic acids is 2. The van der Waals surface area contributed by atoms with Crippen LogP contribution < -0.4 is 10.7 Å². The van der Waals surface area contributed by atoms with Crippen LogP contribution >= 0.6 is 11.6 Å². The molecule has 0 aliphatic heterocycles. The van der Waals surface area contributed by atoms with Crippen LogP contribution in [-0.2, 0) is 0 Å². The molecule has 0 saturated carbocycles. The number of aromatic nitrogens is 1. The Morgan fingerprint density at radius 3 is 2.57 bits per heavy atom. The van der Waals surface area contributed by atoms with E-state index in [9.17, 15) is 9.59 Å². The molecular weight excluding hydrogens is 376 g/mol. The Morgan fingerprint density at radius 1 is 1.00 bits per heavy atom. The maximum Gasteiger partial charge on any atom is 0.271 e. The molecular formula is C21H17ClN4O2. The van der Waals surface area contributed by atoms with Crippen LogP contribution in [0.1, 0.15) is 32.1 Å². The van der Waals surface area contributed by atoms with Crippen molar-refractivity contribution < 1.29 is 9.59 Å². The van der Waals surface area contributed by atoms with Crippen LogP contribution in [0.4, 0.5) is 5.69 Å².